The molecule has 1 aliphatic rings. The minimum Gasteiger partial charge on any atom is -0.444 e. The molecule has 0 unspecified atom stereocenters. The first-order valence-electron chi connectivity index (χ1n) is 10.8. The van der Waals surface area contributed by atoms with Crippen LogP contribution in [0.4, 0.5) is 4.79 Å². The van der Waals surface area contributed by atoms with Gasteiger partial charge in [-0.1, -0.05) is 19.6 Å². The SMILES string of the molecule is CC(C)(C)OC(=O)N1CCC[C@H]1c1cc2cc(I)ccc2n1COCC[Si](C)(C)C. The molecule has 0 N–H and O–H groups in total. The number of hydrogen-bond donors (Lipinski definition) is 0. The molecule has 1 amide bonds. The summed E-state index contributed by atoms with van der Waals surface area (Å²) in [4.78, 5) is 14.8. The predicted molar refractivity (Wildman–Crippen MR) is 134 cm³/mol. The van der Waals surface area contributed by atoms with Crippen molar-refractivity contribution in [3.05, 3.63) is 33.5 Å². The standard InChI is InChI=1S/C23H35IN2O3Si/c1-23(2,3)29-22(27)25-11-7-8-20(25)21-15-17-14-18(24)9-10-19(17)26(21)16-28-12-13-30(4,5)6/h9-10,14-15,20H,7-8,11-13,16H2,1-6H3/t20-/m0/s1. The normalized spacial score (nSPS) is 17.7. The average molecular weight is 543 g/mol. The van der Waals surface area contributed by atoms with Gasteiger partial charge in [0.25, 0.3) is 0 Å². The van der Waals surface area contributed by atoms with Gasteiger partial charge in [0.05, 0.1) is 11.6 Å². The Morgan fingerprint density at radius 3 is 2.63 bits per heavy atom. The fourth-order valence-electron chi connectivity index (χ4n) is 3.83. The summed E-state index contributed by atoms with van der Waals surface area (Å²) in [5, 5.41) is 1.20. The van der Waals surface area contributed by atoms with Crippen molar-refractivity contribution in [3.63, 3.8) is 0 Å². The van der Waals surface area contributed by atoms with Gasteiger partial charge in [-0.05, 0) is 86.5 Å². The van der Waals surface area contributed by atoms with Crippen molar-refractivity contribution in [1.29, 1.82) is 0 Å². The number of carbonyl (C=O) groups is 1. The summed E-state index contributed by atoms with van der Waals surface area (Å²) in [6.07, 6.45) is 1.71. The van der Waals surface area contributed by atoms with E-state index in [0.29, 0.717) is 6.73 Å². The Labute approximate surface area is 195 Å². The number of carbonyl (C=O) groups excluding carboxylic acids is 1. The quantitative estimate of drug-likeness (QED) is 0.234. The van der Waals surface area contributed by atoms with Crippen molar-refractivity contribution in [1.82, 2.24) is 9.47 Å². The Bertz CT molecular complexity index is 898. The molecule has 30 heavy (non-hydrogen) atoms. The van der Waals surface area contributed by atoms with Crippen LogP contribution in [-0.2, 0) is 16.2 Å². The lowest BCUT2D eigenvalue weighted by Crippen LogP contribution is -2.37. The summed E-state index contributed by atoms with van der Waals surface area (Å²) in [6, 6.07) is 9.89. The van der Waals surface area contributed by atoms with Gasteiger partial charge in [0, 0.05) is 35.9 Å². The first-order valence-corrected chi connectivity index (χ1v) is 15.6. The topological polar surface area (TPSA) is 43.7 Å². The lowest BCUT2D eigenvalue weighted by Gasteiger charge is -2.29. The number of halogens is 1. The first kappa shape index (κ1) is 23.6. The van der Waals surface area contributed by atoms with E-state index >= 15 is 0 Å². The van der Waals surface area contributed by atoms with Gasteiger partial charge in [0.15, 0.2) is 0 Å². The first-order chi connectivity index (χ1) is 13.9. The largest absolute Gasteiger partial charge is 0.444 e. The number of benzene rings is 1. The third kappa shape index (κ3) is 6.00. The second-order valence-corrected chi connectivity index (χ2v) is 17.2. The van der Waals surface area contributed by atoms with E-state index < -0.39 is 13.7 Å². The number of rotatable bonds is 6. The maximum Gasteiger partial charge on any atom is 0.410 e. The molecular formula is C23H35IN2O3Si. The van der Waals surface area contributed by atoms with Crippen LogP contribution in [-0.4, -0.2) is 42.4 Å². The van der Waals surface area contributed by atoms with Crippen molar-refractivity contribution >= 4 is 47.7 Å². The summed E-state index contributed by atoms with van der Waals surface area (Å²) in [7, 11) is -1.13. The van der Waals surface area contributed by atoms with E-state index in [1.54, 1.807) is 0 Å². The van der Waals surface area contributed by atoms with E-state index in [1.165, 1.54) is 8.96 Å². The summed E-state index contributed by atoms with van der Waals surface area (Å²) in [5.74, 6) is 0. The highest BCUT2D eigenvalue weighted by Gasteiger charge is 2.35. The van der Waals surface area contributed by atoms with Gasteiger partial charge in [-0.15, -0.1) is 0 Å². The molecule has 7 heteroatoms. The van der Waals surface area contributed by atoms with Gasteiger partial charge in [0.2, 0.25) is 0 Å². The summed E-state index contributed by atoms with van der Waals surface area (Å²) >= 11 is 2.35. The molecule has 1 aliphatic heterocycles. The van der Waals surface area contributed by atoms with E-state index in [0.717, 1.165) is 43.2 Å². The number of hydrogen-bond acceptors (Lipinski definition) is 3. The number of fused-ring (bicyclic) bond motifs is 1. The summed E-state index contributed by atoms with van der Waals surface area (Å²) in [6.45, 7) is 14.9. The molecule has 0 radical (unpaired) electrons. The zero-order chi connectivity index (χ0) is 22.1. The highest BCUT2D eigenvalue weighted by atomic mass is 127. The third-order valence-electron chi connectivity index (χ3n) is 5.33. The molecule has 2 heterocycles. The molecular weight excluding hydrogens is 507 g/mol. The van der Waals surface area contributed by atoms with Crippen molar-refractivity contribution in [3.8, 4) is 0 Å². The molecule has 1 aromatic carbocycles. The Morgan fingerprint density at radius 1 is 1.23 bits per heavy atom. The zero-order valence-corrected chi connectivity index (χ0v) is 22.3. The van der Waals surface area contributed by atoms with Crippen LogP contribution in [0.1, 0.15) is 45.3 Å². The molecule has 0 spiro atoms. The average Bonchev–Trinajstić information content (AvgIpc) is 3.20. The third-order valence-corrected chi connectivity index (χ3v) is 7.71. The Morgan fingerprint density at radius 2 is 1.97 bits per heavy atom. The molecule has 1 atom stereocenters. The Kier molecular flexibility index (Phi) is 7.24. The second kappa shape index (κ2) is 9.20. The van der Waals surface area contributed by atoms with Crippen LogP contribution in [0, 0.1) is 3.57 Å². The van der Waals surface area contributed by atoms with Crippen LogP contribution >= 0.6 is 22.6 Å². The van der Waals surface area contributed by atoms with E-state index in [-0.39, 0.29) is 12.1 Å². The van der Waals surface area contributed by atoms with E-state index in [9.17, 15) is 4.79 Å². The molecule has 0 aliphatic carbocycles. The zero-order valence-electron chi connectivity index (χ0n) is 19.1. The molecule has 3 rings (SSSR count). The van der Waals surface area contributed by atoms with Gasteiger partial charge in [-0.3, -0.25) is 4.90 Å². The smallest absolute Gasteiger partial charge is 0.410 e. The fraction of sp³-hybridized carbons (Fsp3) is 0.609. The maximum absolute atomic E-state index is 12.9. The molecule has 0 bridgehead atoms. The van der Waals surface area contributed by atoms with E-state index in [1.807, 2.05) is 25.7 Å². The predicted octanol–water partition coefficient (Wildman–Crippen LogP) is 6.63. The second-order valence-electron chi connectivity index (χ2n) is 10.4. The van der Waals surface area contributed by atoms with Gasteiger partial charge >= 0.3 is 6.09 Å². The molecule has 1 saturated heterocycles. The molecule has 1 fully saturated rings. The van der Waals surface area contributed by atoms with Gasteiger partial charge in [-0.2, -0.15) is 0 Å². The maximum atomic E-state index is 12.9. The highest BCUT2D eigenvalue weighted by molar-refractivity contribution is 14.1. The molecule has 1 aromatic heterocycles. The van der Waals surface area contributed by atoms with Crippen LogP contribution in [0.2, 0.25) is 25.7 Å². The van der Waals surface area contributed by atoms with Gasteiger partial charge in [-0.25, -0.2) is 4.79 Å². The van der Waals surface area contributed by atoms with Crippen molar-refractivity contribution in [2.45, 2.75) is 77.7 Å². The van der Waals surface area contributed by atoms with Crippen molar-refractivity contribution in [2.75, 3.05) is 13.2 Å². The fourth-order valence-corrected chi connectivity index (χ4v) is 5.10. The number of aromatic nitrogens is 1. The molecule has 166 valence electrons. The van der Waals surface area contributed by atoms with Crippen LogP contribution in [0.3, 0.4) is 0 Å². The molecule has 0 saturated carbocycles. The minimum atomic E-state index is -1.13. The van der Waals surface area contributed by atoms with Crippen molar-refractivity contribution in [2.24, 2.45) is 0 Å². The Balaban J connectivity index is 1.88. The van der Waals surface area contributed by atoms with Crippen LogP contribution in [0.15, 0.2) is 24.3 Å². The summed E-state index contributed by atoms with van der Waals surface area (Å²) < 4.78 is 15.3. The van der Waals surface area contributed by atoms with Crippen molar-refractivity contribution < 1.29 is 14.3 Å². The highest BCUT2D eigenvalue weighted by Crippen LogP contribution is 2.36. The number of amides is 1. The monoisotopic (exact) mass is 542 g/mol. The molecule has 2 aromatic rings. The van der Waals surface area contributed by atoms with Gasteiger partial charge in [0.1, 0.15) is 12.3 Å². The van der Waals surface area contributed by atoms with Crippen LogP contribution in [0.5, 0.6) is 0 Å². The molecule has 5 nitrogen and oxygen atoms in total. The number of ether oxygens (including phenoxy) is 2. The lowest BCUT2D eigenvalue weighted by molar-refractivity contribution is 0.0209. The number of nitrogens with zero attached hydrogens (tertiary/aromatic N) is 2. The lowest BCUT2D eigenvalue weighted by atomic mass is 10.1. The minimum absolute atomic E-state index is 0.0190. The van der Waals surface area contributed by atoms with E-state index in [4.69, 9.17) is 9.47 Å². The van der Waals surface area contributed by atoms with Gasteiger partial charge < -0.3 is 14.0 Å². The van der Waals surface area contributed by atoms with Crippen LogP contribution < -0.4 is 0 Å². The summed E-state index contributed by atoms with van der Waals surface area (Å²) in [5.41, 5.74) is 1.81. The number of likely N-dealkylation sites (tertiary alicyclic amines) is 1. The Hall–Kier alpha value is -1.06. The van der Waals surface area contributed by atoms with Crippen LogP contribution in [0.25, 0.3) is 10.9 Å². The van der Waals surface area contributed by atoms with E-state index in [2.05, 4.69) is 71.1 Å².